The third kappa shape index (κ3) is 5.97. The van der Waals surface area contributed by atoms with Crippen LogP contribution in [0.15, 0.2) is 60.3 Å². The number of unbranched alkanes of at least 4 members (excludes halogenated alkanes) is 2. The van der Waals surface area contributed by atoms with E-state index in [1.54, 1.807) is 13.0 Å². The first kappa shape index (κ1) is 23.8. The lowest BCUT2D eigenvalue weighted by atomic mass is 9.99. The molecule has 0 atom stereocenters. The average Bonchev–Trinajstić information content (AvgIpc) is 3.31. The number of allylic oxidation sites excluding steroid dienone is 4. The van der Waals surface area contributed by atoms with Crippen molar-refractivity contribution in [3.63, 3.8) is 0 Å². The van der Waals surface area contributed by atoms with Crippen LogP contribution in [0, 0.1) is 12.7 Å². The van der Waals surface area contributed by atoms with Gasteiger partial charge < -0.3 is 5.32 Å². The molecule has 3 aromatic rings. The van der Waals surface area contributed by atoms with Crippen molar-refractivity contribution in [3.8, 4) is 22.5 Å². The Labute approximate surface area is 201 Å². The van der Waals surface area contributed by atoms with Gasteiger partial charge in [-0.3, -0.25) is 5.10 Å². The number of fused-ring (bicyclic) bond motifs is 1. The van der Waals surface area contributed by atoms with Crippen LogP contribution in [0.2, 0.25) is 0 Å². The lowest BCUT2D eigenvalue weighted by Gasteiger charge is -2.07. The zero-order valence-electron chi connectivity index (χ0n) is 20.1. The summed E-state index contributed by atoms with van der Waals surface area (Å²) in [6.07, 6.45) is 18.6. The van der Waals surface area contributed by atoms with Gasteiger partial charge in [0.25, 0.3) is 0 Å². The smallest absolute Gasteiger partial charge is 0.144 e. The molecule has 0 saturated heterocycles. The Morgan fingerprint density at radius 1 is 0.971 bits per heavy atom. The van der Waals surface area contributed by atoms with Gasteiger partial charge in [0.15, 0.2) is 0 Å². The number of benzene rings is 1. The van der Waals surface area contributed by atoms with Gasteiger partial charge in [-0.05, 0) is 85.5 Å². The van der Waals surface area contributed by atoms with Crippen LogP contribution >= 0.6 is 0 Å². The molecule has 4 rings (SSSR count). The van der Waals surface area contributed by atoms with Gasteiger partial charge in [-0.1, -0.05) is 55.9 Å². The van der Waals surface area contributed by atoms with Crippen molar-refractivity contribution in [2.24, 2.45) is 0 Å². The Morgan fingerprint density at radius 2 is 1.82 bits per heavy atom. The molecule has 2 N–H and O–H groups in total. The number of hydrogen-bond donors (Lipinski definition) is 2. The molecule has 4 nitrogen and oxygen atoms in total. The third-order valence-electron chi connectivity index (χ3n) is 6.13. The first-order valence-electron chi connectivity index (χ1n) is 12.2. The zero-order valence-corrected chi connectivity index (χ0v) is 20.1. The first-order chi connectivity index (χ1) is 16.7. The lowest BCUT2D eigenvalue weighted by molar-refractivity contribution is 0.600. The average molecular weight is 457 g/mol. The fourth-order valence-corrected chi connectivity index (χ4v) is 4.15. The summed E-state index contributed by atoms with van der Waals surface area (Å²) in [6, 6.07) is 9.60. The lowest BCUT2D eigenvalue weighted by Crippen LogP contribution is -2.24. The monoisotopic (exact) mass is 456 g/mol. The van der Waals surface area contributed by atoms with Gasteiger partial charge in [0.2, 0.25) is 0 Å². The van der Waals surface area contributed by atoms with Crippen molar-refractivity contribution >= 4 is 12.2 Å². The van der Waals surface area contributed by atoms with Crippen molar-refractivity contribution in [2.75, 3.05) is 13.1 Å². The maximum Gasteiger partial charge on any atom is 0.144 e. The molecule has 1 aromatic carbocycles. The number of aryl methyl sites for hydroxylation is 1. The van der Waals surface area contributed by atoms with Crippen LogP contribution in [0.1, 0.15) is 44.7 Å². The zero-order chi connectivity index (χ0) is 23.8. The van der Waals surface area contributed by atoms with Gasteiger partial charge in [-0.15, -0.1) is 0 Å². The Balaban J connectivity index is 1.56. The summed E-state index contributed by atoms with van der Waals surface area (Å²) in [6.45, 7) is 6.09. The van der Waals surface area contributed by atoms with Gasteiger partial charge >= 0.3 is 0 Å². The molecule has 176 valence electrons. The molecule has 5 heteroatoms. The summed E-state index contributed by atoms with van der Waals surface area (Å²) in [7, 11) is 0. The number of hydrogen-bond acceptors (Lipinski definition) is 3. The predicted octanol–water partition coefficient (Wildman–Crippen LogP) is 5.20. The second kappa shape index (κ2) is 11.7. The van der Waals surface area contributed by atoms with E-state index in [2.05, 4.69) is 76.0 Å². The van der Waals surface area contributed by atoms with Gasteiger partial charge in [-0.25, -0.2) is 9.37 Å². The van der Waals surface area contributed by atoms with Crippen molar-refractivity contribution in [3.05, 3.63) is 82.3 Å². The van der Waals surface area contributed by atoms with Crippen molar-refractivity contribution < 1.29 is 4.39 Å². The maximum absolute atomic E-state index is 13.7. The van der Waals surface area contributed by atoms with E-state index >= 15 is 0 Å². The second-order valence-electron chi connectivity index (χ2n) is 8.76. The van der Waals surface area contributed by atoms with Gasteiger partial charge in [0, 0.05) is 5.56 Å². The number of nitrogens with zero attached hydrogens (tertiary/aromatic N) is 2. The molecular formula is C29H33FN4. The van der Waals surface area contributed by atoms with Crippen LogP contribution in [0.5, 0.6) is 0 Å². The summed E-state index contributed by atoms with van der Waals surface area (Å²) < 4.78 is 13.7. The topological polar surface area (TPSA) is 53.6 Å². The minimum Gasteiger partial charge on any atom is -0.317 e. The number of nitrogens with one attached hydrogen (secondary N) is 2. The molecule has 0 unspecified atom stereocenters. The fraction of sp³-hybridized carbons (Fsp3) is 0.310. The standard InChI is InChI=1S/C29H33FN4/c1-3-4-16-31-17-8-7-10-22-9-5-6-11-23-12-13-24(19-25(23)18-22)26-20-32-34-29(26)28-15-14-27(30)21(2)33-28/h5-6,9,11-15,18-20,31H,3-4,7-8,10,16-17H2,1-2H3,(H,32,34)/b6-5+,9-5?,11-6?,22-9?,22-18?,23-11+,25-18?. The first-order valence-corrected chi connectivity index (χ1v) is 12.2. The summed E-state index contributed by atoms with van der Waals surface area (Å²) in [5, 5.41) is 13.2. The fourth-order valence-electron chi connectivity index (χ4n) is 4.15. The predicted molar refractivity (Wildman–Crippen MR) is 139 cm³/mol. The van der Waals surface area contributed by atoms with E-state index in [0.717, 1.165) is 42.8 Å². The van der Waals surface area contributed by atoms with Crippen LogP contribution in [-0.2, 0) is 0 Å². The molecule has 2 heterocycles. The molecule has 1 aliphatic rings. The number of aromatic nitrogens is 3. The van der Waals surface area contributed by atoms with Gasteiger partial charge in [-0.2, -0.15) is 5.10 Å². The number of aromatic amines is 1. The molecule has 0 aliphatic heterocycles. The van der Waals surface area contributed by atoms with Crippen LogP contribution in [0.3, 0.4) is 0 Å². The summed E-state index contributed by atoms with van der Waals surface area (Å²) >= 11 is 0. The molecule has 1 aliphatic carbocycles. The highest BCUT2D eigenvalue weighted by atomic mass is 19.1. The van der Waals surface area contributed by atoms with Crippen molar-refractivity contribution in [2.45, 2.75) is 46.0 Å². The van der Waals surface area contributed by atoms with E-state index in [4.69, 9.17) is 0 Å². The highest BCUT2D eigenvalue weighted by molar-refractivity contribution is 5.79. The molecular weight excluding hydrogens is 423 g/mol. The Morgan fingerprint density at radius 3 is 2.68 bits per heavy atom. The molecule has 2 aromatic heterocycles. The van der Waals surface area contributed by atoms with E-state index in [-0.39, 0.29) is 5.82 Å². The number of rotatable bonds is 10. The minimum absolute atomic E-state index is 0.305. The Bertz CT molecular complexity index is 1300. The normalized spacial score (nSPS) is 14.8. The van der Waals surface area contributed by atoms with Crippen molar-refractivity contribution in [1.29, 1.82) is 0 Å². The van der Waals surface area contributed by atoms with E-state index < -0.39 is 0 Å². The Kier molecular flexibility index (Phi) is 8.21. The van der Waals surface area contributed by atoms with E-state index in [0.29, 0.717) is 11.4 Å². The largest absolute Gasteiger partial charge is 0.317 e. The maximum atomic E-state index is 13.7. The molecule has 0 amide bonds. The molecule has 0 radical (unpaired) electrons. The highest BCUT2D eigenvalue weighted by Gasteiger charge is 2.13. The number of pyridine rings is 1. The van der Waals surface area contributed by atoms with Crippen molar-refractivity contribution in [1.82, 2.24) is 20.5 Å². The third-order valence-corrected chi connectivity index (χ3v) is 6.13. The minimum atomic E-state index is -0.305. The summed E-state index contributed by atoms with van der Waals surface area (Å²) in [5.41, 5.74) is 5.20. The number of H-pyrrole nitrogens is 1. The van der Waals surface area contributed by atoms with Crippen LogP contribution in [-0.4, -0.2) is 28.3 Å². The molecule has 0 bridgehead atoms. The SMILES string of the molecule is CCCCNCCCCC1=C/C=C/C=c2\ccc(-c3cn[nH]c3-c3ccc(F)c(C)n3)cc2=C1. The summed E-state index contributed by atoms with van der Waals surface area (Å²) in [5.74, 6) is -0.305. The number of halogens is 1. The molecule has 0 fully saturated rings. The van der Waals surface area contributed by atoms with Crippen LogP contribution in [0.25, 0.3) is 34.7 Å². The van der Waals surface area contributed by atoms with Gasteiger partial charge in [0.1, 0.15) is 5.82 Å². The van der Waals surface area contributed by atoms with E-state index in [1.165, 1.54) is 41.3 Å². The van der Waals surface area contributed by atoms with Crippen LogP contribution in [0.4, 0.5) is 4.39 Å². The second-order valence-corrected chi connectivity index (χ2v) is 8.76. The quantitative estimate of drug-likeness (QED) is 0.412. The molecule has 0 saturated carbocycles. The van der Waals surface area contributed by atoms with Crippen LogP contribution < -0.4 is 15.8 Å². The molecule has 34 heavy (non-hydrogen) atoms. The summed E-state index contributed by atoms with van der Waals surface area (Å²) in [4.78, 5) is 4.41. The van der Waals surface area contributed by atoms with E-state index in [9.17, 15) is 4.39 Å². The van der Waals surface area contributed by atoms with Gasteiger partial charge in [0.05, 0.1) is 23.3 Å². The molecule has 0 spiro atoms. The highest BCUT2D eigenvalue weighted by Crippen LogP contribution is 2.28. The van der Waals surface area contributed by atoms with E-state index in [1.807, 2.05) is 6.20 Å². The Hall–Kier alpha value is -3.31.